The van der Waals surface area contributed by atoms with Crippen LogP contribution in [0.3, 0.4) is 0 Å². The minimum absolute atomic E-state index is 0.0117. The van der Waals surface area contributed by atoms with E-state index >= 15 is 0 Å². The summed E-state index contributed by atoms with van der Waals surface area (Å²) in [7, 11) is 1.21. The Kier molecular flexibility index (Phi) is 49.0. The Hall–Kier alpha value is -18.2. The Morgan fingerprint density at radius 2 is 0.759 bits per heavy atom. The summed E-state index contributed by atoms with van der Waals surface area (Å²) in [6, 6.07) is 59.6. The number of aliphatic imine (C=N–C) groups is 4. The van der Waals surface area contributed by atoms with E-state index in [4.69, 9.17) is 68.4 Å². The molecule has 8 aromatic heterocycles. The highest BCUT2D eigenvalue weighted by atomic mass is 32.1. The van der Waals surface area contributed by atoms with Crippen LogP contribution in [0.5, 0.6) is 11.5 Å². The van der Waals surface area contributed by atoms with Gasteiger partial charge in [0, 0.05) is 18.0 Å². The van der Waals surface area contributed by atoms with Crippen LogP contribution < -0.4 is 0 Å². The number of phenols is 2. The van der Waals surface area contributed by atoms with Crippen molar-refractivity contribution in [3.8, 4) is 22.9 Å². The molecule has 0 saturated heterocycles. The van der Waals surface area contributed by atoms with E-state index in [1.54, 1.807) is 143 Å². The predicted molar refractivity (Wildman–Crippen MR) is 501 cm³/mol. The molecule has 11 rings (SSSR count). The number of methoxy groups -OCH3 is 1. The number of ether oxygens (including phenoxy) is 1. The lowest BCUT2D eigenvalue weighted by atomic mass is 9.85. The lowest BCUT2D eigenvalue weighted by molar-refractivity contribution is -0.138. The molecule has 0 spiro atoms. The van der Waals surface area contributed by atoms with Crippen LogP contribution in [0, 0.1) is 0 Å². The Morgan fingerprint density at radius 1 is 0.401 bits per heavy atom. The molecule has 0 aliphatic carbocycles. The van der Waals surface area contributed by atoms with E-state index < -0.39 is 89.6 Å². The number of para-hydroxylation sites is 3. The van der Waals surface area contributed by atoms with Crippen molar-refractivity contribution in [1.29, 1.82) is 0 Å². The van der Waals surface area contributed by atoms with Crippen LogP contribution in [0.1, 0.15) is 200 Å². The third-order valence-electron chi connectivity index (χ3n) is 16.2. The molecule has 8 heterocycles. The maximum Gasteiger partial charge on any atom is 0.356 e. The molecule has 11 aromatic rings. The van der Waals surface area contributed by atoms with Gasteiger partial charge < -0.3 is 71.1 Å². The van der Waals surface area contributed by atoms with E-state index in [1.807, 2.05) is 64.1 Å². The molecule has 0 amide bonds. The molecule has 0 saturated carbocycles. The number of carboxylic acids is 11. The molecule has 0 aliphatic rings. The van der Waals surface area contributed by atoms with Crippen LogP contribution in [-0.4, -0.2) is 243 Å². The van der Waals surface area contributed by atoms with Crippen LogP contribution in [0.2, 0.25) is 0 Å². The molecular formula is C94H94N14O28S. The average molecular weight is 1900 g/mol. The van der Waals surface area contributed by atoms with Gasteiger partial charge in [-0.1, -0.05) is 103 Å². The number of carbonyl (C=O) groups excluding carboxylic acids is 3. The first-order valence-electron chi connectivity index (χ1n) is 39.4. The van der Waals surface area contributed by atoms with Crippen LogP contribution in [0.15, 0.2) is 261 Å². The third kappa shape index (κ3) is 44.8. The normalized spacial score (nSPS) is 10.8. The number of aromatic hydroxyl groups is 2. The molecule has 1 unspecified atom stereocenters. The number of aromatic carboxylic acids is 7. The number of pyridine rings is 8. The Balaban J connectivity index is 0.000000518. The summed E-state index contributed by atoms with van der Waals surface area (Å²) in [6.45, 7) is 19.6. The maximum absolute atomic E-state index is 11.4. The SMILES string of the molecule is CC(=NC(C)(C)C)c1cccc(C(=O)O)n1.CC(=NC(C)C(=O)O)C(=O)O.CC(=Nc1ccccc1)c1cccc(C(=O)O)n1.CC(=O)C(C)(C)c1cccc(C(=O)O)n1.CC(=O)c1cccc(C(=O)O)n1.CC(=S)c1cccc(C(=O)O)n1.COC(=O)c1cccc(C(=O)O)n1.O=C(O)C=NCC(=O)O.O=C(O)c1cccc(-c2ccccn2)n1.Oc1ccccc1N=Nc1ccccc1O. The largest absolute Gasteiger partial charge is 0.506 e. The zero-order valence-electron chi connectivity index (χ0n) is 75.4. The number of thiocarbonyl (C=S) groups is 1. The summed E-state index contributed by atoms with van der Waals surface area (Å²) in [4.78, 5) is 194. The second kappa shape index (κ2) is 58.5. The fraction of sp³-hybridized carbons (Fsp3) is 0.181. The fourth-order valence-corrected chi connectivity index (χ4v) is 9.31. The maximum atomic E-state index is 11.4. The molecule has 0 radical (unpaired) electrons. The van der Waals surface area contributed by atoms with Crippen molar-refractivity contribution in [3.05, 3.63) is 305 Å². The summed E-state index contributed by atoms with van der Waals surface area (Å²) in [5.41, 5.74) is 5.24. The highest BCUT2D eigenvalue weighted by Gasteiger charge is 2.28. The molecule has 137 heavy (non-hydrogen) atoms. The zero-order chi connectivity index (χ0) is 103. The summed E-state index contributed by atoms with van der Waals surface area (Å²) >= 11 is 4.85. The van der Waals surface area contributed by atoms with Crippen LogP contribution in [0.25, 0.3) is 11.4 Å². The number of nitrogens with zero attached hydrogens (tertiary/aromatic N) is 14. The van der Waals surface area contributed by atoms with Gasteiger partial charge in [-0.3, -0.25) is 39.3 Å². The van der Waals surface area contributed by atoms with E-state index in [0.29, 0.717) is 62.3 Å². The number of hydrogen-bond acceptors (Lipinski definition) is 32. The minimum Gasteiger partial charge on any atom is -0.506 e. The number of Topliss-reactive ketones (excluding diaryl/α,β-unsaturated/α-hetero) is 2. The minimum atomic E-state index is -1.24. The molecular weight excluding hydrogens is 1810 g/mol. The van der Waals surface area contributed by atoms with Gasteiger partial charge in [-0.05, 0) is 210 Å². The molecule has 0 aliphatic heterocycles. The number of carbonyl (C=O) groups is 14. The Morgan fingerprint density at radius 3 is 1.14 bits per heavy atom. The number of benzene rings is 3. The van der Waals surface area contributed by atoms with Crippen molar-refractivity contribution in [1.82, 2.24) is 39.9 Å². The Labute approximate surface area is 786 Å². The van der Waals surface area contributed by atoms with Gasteiger partial charge in [-0.25, -0.2) is 87.6 Å². The smallest absolute Gasteiger partial charge is 0.356 e. The van der Waals surface area contributed by atoms with Crippen molar-refractivity contribution in [2.75, 3.05) is 13.7 Å². The summed E-state index contributed by atoms with van der Waals surface area (Å²) in [5, 5.41) is 120. The highest BCUT2D eigenvalue weighted by molar-refractivity contribution is 7.80. The number of esters is 1. The van der Waals surface area contributed by atoms with Gasteiger partial charge in [0.05, 0.1) is 69.3 Å². The number of aromatic nitrogens is 8. The molecule has 1 atom stereocenters. The van der Waals surface area contributed by atoms with Gasteiger partial charge in [0.1, 0.15) is 104 Å². The first kappa shape index (κ1) is 115. The molecule has 43 heteroatoms. The number of ketones is 2. The van der Waals surface area contributed by atoms with Gasteiger partial charge in [-0.15, -0.1) is 10.2 Å². The molecule has 42 nitrogen and oxygen atoms in total. The fourth-order valence-electron chi connectivity index (χ4n) is 9.20. The van der Waals surface area contributed by atoms with E-state index in [9.17, 15) is 77.3 Å². The topological polar surface area (TPSA) is 688 Å². The monoisotopic (exact) mass is 1900 g/mol. The quantitative estimate of drug-likeness (QED) is 0.00878. The van der Waals surface area contributed by atoms with Crippen molar-refractivity contribution < 1.29 is 138 Å². The molecule has 714 valence electrons. The van der Waals surface area contributed by atoms with Crippen molar-refractivity contribution in [2.45, 2.75) is 100 Å². The van der Waals surface area contributed by atoms with Crippen molar-refractivity contribution in [3.63, 3.8) is 0 Å². The first-order chi connectivity index (χ1) is 64.3. The molecule has 0 bridgehead atoms. The predicted octanol–water partition coefficient (Wildman–Crippen LogP) is 14.6. The number of aliphatic carboxylic acids is 4. The number of phenolic OH excluding ortho intramolecular Hbond substituents is 2. The van der Waals surface area contributed by atoms with Crippen molar-refractivity contribution >= 4 is 141 Å². The average Bonchev–Trinajstić information content (AvgIpc) is 0.814. The van der Waals surface area contributed by atoms with Crippen LogP contribution >= 0.6 is 12.2 Å². The van der Waals surface area contributed by atoms with Crippen molar-refractivity contribution in [2.24, 2.45) is 30.2 Å². The van der Waals surface area contributed by atoms with Crippen LogP contribution in [0.4, 0.5) is 17.1 Å². The van der Waals surface area contributed by atoms with E-state index in [1.165, 1.54) is 114 Å². The molecule has 13 N–H and O–H groups in total. The second-order valence-electron chi connectivity index (χ2n) is 28.3. The highest BCUT2D eigenvalue weighted by Crippen LogP contribution is 2.31. The van der Waals surface area contributed by atoms with E-state index in [-0.39, 0.29) is 85.6 Å². The Bertz CT molecular complexity index is 6090. The van der Waals surface area contributed by atoms with Gasteiger partial charge in [0.15, 0.2) is 5.78 Å². The number of hydrogen-bond donors (Lipinski definition) is 13. The lowest BCUT2D eigenvalue weighted by Crippen LogP contribution is -2.28. The first-order valence-corrected chi connectivity index (χ1v) is 39.8. The molecule has 3 aromatic carbocycles. The third-order valence-corrected chi connectivity index (χ3v) is 16.4. The van der Waals surface area contributed by atoms with Gasteiger partial charge in [0.25, 0.3) is 0 Å². The summed E-state index contributed by atoms with van der Waals surface area (Å²) in [6.07, 6.45) is 2.19. The van der Waals surface area contributed by atoms with Crippen LogP contribution in [-0.2, 0) is 34.1 Å². The zero-order valence-corrected chi connectivity index (χ0v) is 76.2. The lowest BCUT2D eigenvalue weighted by Gasteiger charge is -2.20. The van der Waals surface area contributed by atoms with Gasteiger partial charge in [0.2, 0.25) is 0 Å². The van der Waals surface area contributed by atoms with Gasteiger partial charge >= 0.3 is 71.6 Å². The second-order valence-corrected chi connectivity index (χ2v) is 28.9. The number of azo groups is 1. The number of rotatable bonds is 24. The van der Waals surface area contributed by atoms with Gasteiger partial charge in [-0.2, -0.15) is 0 Å². The number of carboxylic acid groups (broad SMARTS) is 11. The van der Waals surface area contributed by atoms with E-state index in [2.05, 4.69) is 74.8 Å². The summed E-state index contributed by atoms with van der Waals surface area (Å²) < 4.78 is 4.38. The standard InChI is InChI=1S/C14H12N2O2.C12H10N2O2.C12H16N2O2.C11H8N2O2.C11H13NO3.C8H7NO4.C8H7NO3.C8H7NO2S.C6H9NO4.C4H5NO4/c1-10(15-11-6-3-2-4-7-11)12-8-5-9-13(16-12)14(17)18;15-11-7-3-1-5-9(11)13-14-10-6-2-4-8-12(10)16;1-8(14-12(2,3)4)9-6-5-7-10(13-9)11(15)16;14-11(15)10-6-3-5-9(13-10)8-4-1-2-7-12-8;1-7(13)11(2,3)9-6-4-5-8(12-9)10(14)15;1-13-8(12)6-4-2-3-5(9-6)7(10)11;1-5(10)6-3-2-4-7(9-6)8(11)12;1-5(12)6-3-2-4-7(9-6)8(10)11;1-3(5(8)9)7-4(2)6(10)11;6-3(7)1-5-2-4(8)9/h2-9H,1H3,(H,17,18);1-8,15-16H;5-7H,1-4H3,(H,15,16);1-7H,(H,14,15);4-6H,1-3H3,(H,14,15);2-4H,1H3,(H,10,11);2-4H,1H3,(H,11,12);2-4H,1H3,(H,10,11);3H,1-2H3,(H,8,9)(H,10,11);1H,2H2,(H,6,7)(H,8,9). The summed E-state index contributed by atoms with van der Waals surface area (Å²) in [5.74, 6) is -13.1. The molecule has 0 fully saturated rings. The van der Waals surface area contributed by atoms with E-state index in [0.717, 1.165) is 11.4 Å².